The van der Waals surface area contributed by atoms with E-state index in [2.05, 4.69) is 21.0 Å². The molecule has 28 heavy (non-hydrogen) atoms. The zero-order valence-electron chi connectivity index (χ0n) is 14.7. The van der Waals surface area contributed by atoms with Crippen molar-refractivity contribution in [3.63, 3.8) is 0 Å². The Kier molecular flexibility index (Phi) is 5.55. The van der Waals surface area contributed by atoms with E-state index < -0.39 is 34.7 Å². The van der Waals surface area contributed by atoms with Crippen LogP contribution in [-0.4, -0.2) is 35.9 Å². The van der Waals surface area contributed by atoms with Gasteiger partial charge in [0.15, 0.2) is 5.69 Å². The first-order valence-electron chi connectivity index (χ1n) is 7.89. The molecule has 6 nitrogen and oxygen atoms in total. The molecule has 0 fully saturated rings. The summed E-state index contributed by atoms with van der Waals surface area (Å²) in [6, 6.07) is 10.4. The molecule has 3 aromatic rings. The van der Waals surface area contributed by atoms with E-state index in [1.165, 1.54) is 0 Å². The lowest BCUT2D eigenvalue weighted by molar-refractivity contribution is 0.0549. The Balaban J connectivity index is 2.43. The Morgan fingerprint density at radius 1 is 1.00 bits per heavy atom. The van der Waals surface area contributed by atoms with Gasteiger partial charge in [0.25, 0.3) is 0 Å². The summed E-state index contributed by atoms with van der Waals surface area (Å²) in [4.78, 5) is 24.9. The SMILES string of the molecule is COC(=O)c1c(-c2c(F)cc(Br)cc2F)nn(-c2ccccc2)c1C(=O)OC. The number of carbonyl (C=O) groups is 2. The number of hydrogen-bond acceptors (Lipinski definition) is 5. The van der Waals surface area contributed by atoms with Gasteiger partial charge in [0, 0.05) is 4.47 Å². The first kappa shape index (κ1) is 19.7. The highest BCUT2D eigenvalue weighted by Gasteiger charge is 2.33. The van der Waals surface area contributed by atoms with Gasteiger partial charge >= 0.3 is 11.9 Å². The molecule has 0 saturated heterocycles. The number of carbonyl (C=O) groups excluding carboxylic acids is 2. The minimum absolute atomic E-state index is 0.168. The lowest BCUT2D eigenvalue weighted by atomic mass is 10.0. The van der Waals surface area contributed by atoms with Crippen LogP contribution >= 0.6 is 15.9 Å². The van der Waals surface area contributed by atoms with E-state index in [1.807, 2.05) is 0 Å². The molecule has 144 valence electrons. The van der Waals surface area contributed by atoms with Crippen LogP contribution in [0, 0.1) is 11.6 Å². The summed E-state index contributed by atoms with van der Waals surface area (Å²) in [6.07, 6.45) is 0. The summed E-state index contributed by atoms with van der Waals surface area (Å²) in [5.41, 5.74) is -1.27. The number of para-hydroxylation sites is 1. The lowest BCUT2D eigenvalue weighted by Crippen LogP contribution is -2.15. The molecule has 0 aliphatic heterocycles. The number of aromatic nitrogens is 2. The number of ether oxygens (including phenoxy) is 2. The number of hydrogen-bond donors (Lipinski definition) is 0. The standard InChI is InChI=1S/C19H13BrF2N2O4/c1-27-18(25)15-16(14-12(21)8-10(20)9-13(14)22)23-24(17(15)19(26)28-2)11-6-4-3-5-7-11/h3-9H,1-2H3. The number of nitrogens with zero attached hydrogens (tertiary/aromatic N) is 2. The van der Waals surface area contributed by atoms with Crippen molar-refractivity contribution < 1.29 is 27.8 Å². The Labute approximate surface area is 166 Å². The highest BCUT2D eigenvalue weighted by molar-refractivity contribution is 9.10. The molecule has 0 atom stereocenters. The molecule has 0 bridgehead atoms. The van der Waals surface area contributed by atoms with Crippen molar-refractivity contribution in [3.8, 4) is 16.9 Å². The van der Waals surface area contributed by atoms with Gasteiger partial charge in [-0.25, -0.2) is 23.1 Å². The van der Waals surface area contributed by atoms with Crippen LogP contribution in [0.25, 0.3) is 16.9 Å². The van der Waals surface area contributed by atoms with Crippen LogP contribution in [0.15, 0.2) is 46.9 Å². The molecule has 2 aromatic carbocycles. The Hall–Kier alpha value is -3.07. The van der Waals surface area contributed by atoms with Gasteiger partial charge in [-0.05, 0) is 24.3 Å². The van der Waals surface area contributed by atoms with Gasteiger partial charge in [0.05, 0.1) is 25.5 Å². The Morgan fingerprint density at radius 3 is 2.11 bits per heavy atom. The summed E-state index contributed by atoms with van der Waals surface area (Å²) in [7, 11) is 2.20. The third-order valence-corrected chi connectivity index (χ3v) is 4.36. The summed E-state index contributed by atoms with van der Waals surface area (Å²) in [6.45, 7) is 0. The summed E-state index contributed by atoms with van der Waals surface area (Å²) < 4.78 is 39.9. The second-order valence-electron chi connectivity index (χ2n) is 5.55. The Morgan fingerprint density at radius 2 is 1.57 bits per heavy atom. The van der Waals surface area contributed by atoms with Crippen LogP contribution in [0.4, 0.5) is 8.78 Å². The van der Waals surface area contributed by atoms with Crippen molar-refractivity contribution >= 4 is 27.9 Å². The molecule has 1 aromatic heterocycles. The van der Waals surface area contributed by atoms with Gasteiger partial charge in [0.1, 0.15) is 22.9 Å². The minimum atomic E-state index is -0.987. The molecule has 3 rings (SSSR count). The van der Waals surface area contributed by atoms with Gasteiger partial charge in [-0.1, -0.05) is 34.1 Å². The van der Waals surface area contributed by atoms with E-state index in [9.17, 15) is 18.4 Å². The fourth-order valence-corrected chi connectivity index (χ4v) is 3.10. The number of methoxy groups -OCH3 is 2. The van der Waals surface area contributed by atoms with E-state index in [-0.39, 0.29) is 15.9 Å². The van der Waals surface area contributed by atoms with Crippen LogP contribution in [0.5, 0.6) is 0 Å². The van der Waals surface area contributed by atoms with Crippen molar-refractivity contribution in [2.75, 3.05) is 14.2 Å². The monoisotopic (exact) mass is 450 g/mol. The molecule has 1 heterocycles. The second-order valence-corrected chi connectivity index (χ2v) is 6.46. The fourth-order valence-electron chi connectivity index (χ4n) is 2.70. The van der Waals surface area contributed by atoms with Crippen molar-refractivity contribution in [2.24, 2.45) is 0 Å². The third kappa shape index (κ3) is 3.40. The summed E-state index contributed by atoms with van der Waals surface area (Å²) in [5.74, 6) is -3.84. The van der Waals surface area contributed by atoms with Crippen molar-refractivity contribution in [1.82, 2.24) is 9.78 Å². The van der Waals surface area contributed by atoms with E-state index in [1.54, 1.807) is 30.3 Å². The predicted octanol–water partition coefficient (Wildman–Crippen LogP) is 4.15. The number of rotatable bonds is 4. The first-order valence-corrected chi connectivity index (χ1v) is 8.68. The van der Waals surface area contributed by atoms with Crippen LogP contribution in [0.1, 0.15) is 20.8 Å². The van der Waals surface area contributed by atoms with Crippen molar-refractivity contribution in [2.45, 2.75) is 0 Å². The maximum atomic E-state index is 14.6. The molecule has 0 amide bonds. The smallest absolute Gasteiger partial charge is 0.357 e. The molecule has 0 unspecified atom stereocenters. The molecule has 0 aliphatic rings. The van der Waals surface area contributed by atoms with Crippen molar-refractivity contribution in [1.29, 1.82) is 0 Å². The highest BCUT2D eigenvalue weighted by atomic mass is 79.9. The van der Waals surface area contributed by atoms with Gasteiger partial charge in [-0.2, -0.15) is 5.10 Å². The van der Waals surface area contributed by atoms with E-state index in [4.69, 9.17) is 9.47 Å². The normalized spacial score (nSPS) is 10.6. The first-order chi connectivity index (χ1) is 13.4. The fraction of sp³-hybridized carbons (Fsp3) is 0.105. The zero-order chi connectivity index (χ0) is 20.4. The molecule has 0 aliphatic carbocycles. The average molecular weight is 451 g/mol. The van der Waals surface area contributed by atoms with Gasteiger partial charge in [0.2, 0.25) is 0 Å². The molecule has 0 N–H and O–H groups in total. The van der Waals surface area contributed by atoms with Crippen LogP contribution in [0.2, 0.25) is 0 Å². The van der Waals surface area contributed by atoms with Gasteiger partial charge in [-0.15, -0.1) is 0 Å². The van der Waals surface area contributed by atoms with Gasteiger partial charge < -0.3 is 9.47 Å². The topological polar surface area (TPSA) is 70.4 Å². The molecule has 9 heteroatoms. The number of halogens is 3. The highest BCUT2D eigenvalue weighted by Crippen LogP contribution is 2.34. The molecule has 0 radical (unpaired) electrons. The zero-order valence-corrected chi connectivity index (χ0v) is 16.3. The van der Waals surface area contributed by atoms with E-state index in [0.717, 1.165) is 31.0 Å². The lowest BCUT2D eigenvalue weighted by Gasteiger charge is -2.07. The largest absolute Gasteiger partial charge is 0.465 e. The van der Waals surface area contributed by atoms with Crippen LogP contribution < -0.4 is 0 Å². The predicted molar refractivity (Wildman–Crippen MR) is 99.3 cm³/mol. The maximum Gasteiger partial charge on any atom is 0.357 e. The summed E-state index contributed by atoms with van der Waals surface area (Å²) >= 11 is 3.00. The quantitative estimate of drug-likeness (QED) is 0.558. The Bertz CT molecular complexity index is 1040. The maximum absolute atomic E-state index is 14.6. The molecule has 0 spiro atoms. The summed E-state index contributed by atoms with van der Waals surface area (Å²) in [5, 5.41) is 4.16. The molecule has 0 saturated carbocycles. The number of esters is 2. The average Bonchev–Trinajstić information content (AvgIpc) is 3.06. The molecular formula is C19H13BrF2N2O4. The van der Waals surface area contributed by atoms with E-state index >= 15 is 0 Å². The second kappa shape index (κ2) is 7.89. The van der Waals surface area contributed by atoms with E-state index in [0.29, 0.717) is 5.69 Å². The minimum Gasteiger partial charge on any atom is -0.465 e. The van der Waals surface area contributed by atoms with Crippen LogP contribution in [-0.2, 0) is 9.47 Å². The number of benzene rings is 2. The third-order valence-electron chi connectivity index (χ3n) is 3.90. The van der Waals surface area contributed by atoms with Crippen LogP contribution in [0.3, 0.4) is 0 Å². The van der Waals surface area contributed by atoms with Crippen molar-refractivity contribution in [3.05, 3.63) is 69.8 Å². The molecular weight excluding hydrogens is 438 g/mol. The van der Waals surface area contributed by atoms with Gasteiger partial charge in [-0.3, -0.25) is 0 Å².